The molecule has 0 radical (unpaired) electrons. The molecule has 13 heavy (non-hydrogen) atoms. The molecular formula is C10H14ClNO. The van der Waals surface area contributed by atoms with E-state index in [1.807, 2.05) is 0 Å². The Morgan fingerprint density at radius 3 is 2.23 bits per heavy atom. The van der Waals surface area contributed by atoms with Crippen molar-refractivity contribution in [1.82, 2.24) is 5.32 Å². The highest BCUT2D eigenvalue weighted by Gasteiger charge is 1.93. The van der Waals surface area contributed by atoms with Crippen LogP contribution in [-0.4, -0.2) is 6.41 Å². The summed E-state index contributed by atoms with van der Waals surface area (Å²) in [6.07, 6.45) is 0.720. The summed E-state index contributed by atoms with van der Waals surface area (Å²) >= 11 is 0. The molecule has 0 fully saturated rings. The molecule has 1 aromatic rings. The first kappa shape index (κ1) is 12.0. The van der Waals surface area contributed by atoms with E-state index in [0.29, 0.717) is 6.54 Å². The van der Waals surface area contributed by atoms with Gasteiger partial charge in [-0.05, 0) is 19.4 Å². The van der Waals surface area contributed by atoms with Gasteiger partial charge in [0.1, 0.15) is 0 Å². The Hall–Kier alpha value is -1.02. The summed E-state index contributed by atoms with van der Waals surface area (Å²) in [6.45, 7) is 4.72. The molecule has 0 bridgehead atoms. The van der Waals surface area contributed by atoms with Crippen molar-refractivity contribution in [2.24, 2.45) is 0 Å². The van der Waals surface area contributed by atoms with Crippen LogP contribution >= 0.6 is 12.4 Å². The van der Waals surface area contributed by atoms with Crippen molar-refractivity contribution in [3.63, 3.8) is 0 Å². The van der Waals surface area contributed by atoms with E-state index < -0.39 is 0 Å². The van der Waals surface area contributed by atoms with Crippen molar-refractivity contribution in [1.29, 1.82) is 0 Å². The molecule has 1 aromatic carbocycles. The van der Waals surface area contributed by atoms with Crippen molar-refractivity contribution in [2.45, 2.75) is 20.4 Å². The first-order chi connectivity index (χ1) is 5.72. The van der Waals surface area contributed by atoms with Crippen molar-refractivity contribution in [2.75, 3.05) is 0 Å². The molecule has 72 valence electrons. The average Bonchev–Trinajstić information content (AvgIpc) is 1.99. The summed E-state index contributed by atoms with van der Waals surface area (Å²) in [5, 5.41) is 2.64. The zero-order chi connectivity index (χ0) is 8.97. The van der Waals surface area contributed by atoms with E-state index >= 15 is 0 Å². The Labute approximate surface area is 84.8 Å². The minimum absolute atomic E-state index is 0. The lowest BCUT2D eigenvalue weighted by molar-refractivity contribution is -0.109. The van der Waals surface area contributed by atoms with Crippen molar-refractivity contribution in [3.05, 3.63) is 34.9 Å². The number of halogens is 1. The summed E-state index contributed by atoms with van der Waals surface area (Å²) in [5.74, 6) is 0. The highest BCUT2D eigenvalue weighted by atomic mass is 35.5. The van der Waals surface area contributed by atoms with E-state index in [-0.39, 0.29) is 12.4 Å². The minimum atomic E-state index is 0. The lowest BCUT2D eigenvalue weighted by Gasteiger charge is -2.03. The van der Waals surface area contributed by atoms with Crippen molar-refractivity contribution < 1.29 is 4.79 Å². The van der Waals surface area contributed by atoms with Gasteiger partial charge in [-0.15, -0.1) is 12.4 Å². The summed E-state index contributed by atoms with van der Waals surface area (Å²) in [7, 11) is 0. The van der Waals surface area contributed by atoms with Gasteiger partial charge in [-0.25, -0.2) is 0 Å². The van der Waals surface area contributed by atoms with Crippen LogP contribution in [0, 0.1) is 13.8 Å². The van der Waals surface area contributed by atoms with Gasteiger partial charge in [-0.2, -0.15) is 0 Å². The number of benzene rings is 1. The van der Waals surface area contributed by atoms with Crippen LogP contribution in [0.15, 0.2) is 18.2 Å². The molecule has 0 heterocycles. The highest BCUT2D eigenvalue weighted by Crippen LogP contribution is 2.07. The van der Waals surface area contributed by atoms with E-state index in [4.69, 9.17) is 0 Å². The maximum absolute atomic E-state index is 10.0. The normalized spacial score (nSPS) is 8.77. The first-order valence-electron chi connectivity index (χ1n) is 3.96. The van der Waals surface area contributed by atoms with Gasteiger partial charge in [0.05, 0.1) is 0 Å². The Kier molecular flexibility index (Phi) is 5.16. The second-order valence-corrected chi connectivity index (χ2v) is 2.99. The number of nitrogens with one attached hydrogen (secondary N) is 1. The molecule has 0 aliphatic rings. The Morgan fingerprint density at radius 1 is 1.23 bits per heavy atom. The number of hydrogen-bond donors (Lipinski definition) is 1. The largest absolute Gasteiger partial charge is 0.355 e. The van der Waals surface area contributed by atoms with Gasteiger partial charge in [0, 0.05) is 6.54 Å². The second kappa shape index (κ2) is 5.60. The van der Waals surface area contributed by atoms with E-state index in [2.05, 4.69) is 37.4 Å². The van der Waals surface area contributed by atoms with Gasteiger partial charge >= 0.3 is 0 Å². The third kappa shape index (κ3) is 3.95. The smallest absolute Gasteiger partial charge is 0.207 e. The average molecular weight is 200 g/mol. The fourth-order valence-electron chi connectivity index (χ4n) is 1.33. The topological polar surface area (TPSA) is 29.1 Å². The van der Waals surface area contributed by atoms with Crippen LogP contribution in [0.2, 0.25) is 0 Å². The van der Waals surface area contributed by atoms with Gasteiger partial charge in [-0.3, -0.25) is 4.79 Å². The molecule has 0 atom stereocenters. The Balaban J connectivity index is 0.00000144. The predicted octanol–water partition coefficient (Wildman–Crippen LogP) is 1.97. The lowest BCUT2D eigenvalue weighted by atomic mass is 10.1. The fourth-order valence-corrected chi connectivity index (χ4v) is 1.33. The number of carbonyl (C=O) groups is 1. The summed E-state index contributed by atoms with van der Waals surface area (Å²) < 4.78 is 0. The summed E-state index contributed by atoms with van der Waals surface area (Å²) in [4.78, 5) is 10.0. The summed E-state index contributed by atoms with van der Waals surface area (Å²) in [6, 6.07) is 6.26. The van der Waals surface area contributed by atoms with Crippen molar-refractivity contribution >= 4 is 18.8 Å². The molecular weight excluding hydrogens is 186 g/mol. The monoisotopic (exact) mass is 199 g/mol. The Morgan fingerprint density at radius 2 is 1.77 bits per heavy atom. The first-order valence-corrected chi connectivity index (χ1v) is 3.96. The van der Waals surface area contributed by atoms with Crippen LogP contribution in [0.5, 0.6) is 0 Å². The molecule has 0 saturated carbocycles. The molecule has 0 spiro atoms. The molecule has 0 saturated heterocycles. The van der Waals surface area contributed by atoms with Gasteiger partial charge in [0.25, 0.3) is 0 Å². The molecule has 2 nitrogen and oxygen atoms in total. The number of rotatable bonds is 3. The van der Waals surface area contributed by atoms with Crippen molar-refractivity contribution in [3.8, 4) is 0 Å². The maximum atomic E-state index is 10.0. The quantitative estimate of drug-likeness (QED) is 0.742. The van der Waals surface area contributed by atoms with Crippen LogP contribution in [0.1, 0.15) is 16.7 Å². The summed E-state index contributed by atoms with van der Waals surface area (Å²) in [5.41, 5.74) is 3.62. The van der Waals surface area contributed by atoms with E-state index in [1.165, 1.54) is 11.1 Å². The minimum Gasteiger partial charge on any atom is -0.355 e. The van der Waals surface area contributed by atoms with Gasteiger partial charge in [-0.1, -0.05) is 29.3 Å². The molecule has 1 N–H and O–H groups in total. The van der Waals surface area contributed by atoms with E-state index in [0.717, 1.165) is 12.0 Å². The lowest BCUT2D eigenvalue weighted by Crippen LogP contribution is -2.09. The van der Waals surface area contributed by atoms with Crippen LogP contribution in [0.3, 0.4) is 0 Å². The molecule has 1 rings (SSSR count). The molecule has 0 aromatic heterocycles. The highest BCUT2D eigenvalue weighted by molar-refractivity contribution is 5.85. The molecule has 0 aliphatic carbocycles. The fraction of sp³-hybridized carbons (Fsp3) is 0.300. The van der Waals surface area contributed by atoms with Gasteiger partial charge < -0.3 is 5.32 Å². The molecule has 0 unspecified atom stereocenters. The maximum Gasteiger partial charge on any atom is 0.207 e. The van der Waals surface area contributed by atoms with Gasteiger partial charge in [0.15, 0.2) is 0 Å². The molecule has 1 amide bonds. The van der Waals surface area contributed by atoms with E-state index in [9.17, 15) is 4.79 Å². The molecule has 3 heteroatoms. The molecule has 0 aliphatic heterocycles. The van der Waals surface area contributed by atoms with Crippen LogP contribution < -0.4 is 5.32 Å². The number of amides is 1. The zero-order valence-corrected chi connectivity index (χ0v) is 8.65. The second-order valence-electron chi connectivity index (χ2n) is 2.99. The Bertz CT molecular complexity index is 266. The third-order valence-electron chi connectivity index (χ3n) is 1.67. The standard InChI is InChI=1S/C10H13NO.ClH/c1-8-3-9(2)5-10(4-8)6-11-7-12;/h3-5,7H,6H2,1-2H3,(H,11,12);1H. The van der Waals surface area contributed by atoms with Crippen LogP contribution in [-0.2, 0) is 11.3 Å². The third-order valence-corrected chi connectivity index (χ3v) is 1.67. The van der Waals surface area contributed by atoms with Crippen LogP contribution in [0.4, 0.5) is 0 Å². The van der Waals surface area contributed by atoms with Gasteiger partial charge in [0.2, 0.25) is 6.41 Å². The van der Waals surface area contributed by atoms with E-state index in [1.54, 1.807) is 0 Å². The number of hydrogen-bond acceptors (Lipinski definition) is 1. The zero-order valence-electron chi connectivity index (χ0n) is 7.83. The van der Waals surface area contributed by atoms with Crippen LogP contribution in [0.25, 0.3) is 0 Å². The SMILES string of the molecule is Cc1cc(C)cc(CNC=O)c1.Cl. The number of aryl methyl sites for hydroxylation is 2. The predicted molar refractivity (Wildman–Crippen MR) is 56.1 cm³/mol. The number of carbonyl (C=O) groups excluding carboxylic acids is 1.